The van der Waals surface area contributed by atoms with Crippen molar-refractivity contribution in [3.05, 3.63) is 33.8 Å². The normalized spacial score (nSPS) is 11.7. The van der Waals surface area contributed by atoms with E-state index in [0.29, 0.717) is 12.1 Å². The molecule has 1 atom stereocenters. The van der Waals surface area contributed by atoms with E-state index in [4.69, 9.17) is 5.26 Å². The summed E-state index contributed by atoms with van der Waals surface area (Å²) in [7, 11) is 1.72. The van der Waals surface area contributed by atoms with Gasteiger partial charge in [0.05, 0.1) is 12.0 Å². The third kappa shape index (κ3) is 3.57. The number of rotatable bonds is 3. The number of benzene rings is 1. The number of carbonyl (C=O) groups is 1. The van der Waals surface area contributed by atoms with Gasteiger partial charge in [-0.05, 0) is 37.6 Å². The molecule has 0 aromatic heterocycles. The first-order valence-electron chi connectivity index (χ1n) is 5.37. The van der Waals surface area contributed by atoms with E-state index >= 15 is 0 Å². The minimum atomic E-state index is -0.152. The quantitative estimate of drug-likeness (QED) is 0.860. The molecule has 0 radical (unpaired) electrons. The van der Waals surface area contributed by atoms with Crippen molar-refractivity contribution in [3.63, 3.8) is 0 Å². The molecule has 1 aromatic rings. The smallest absolute Gasteiger partial charge is 0.253 e. The van der Waals surface area contributed by atoms with Crippen LogP contribution >= 0.6 is 15.9 Å². The zero-order valence-electron chi connectivity index (χ0n) is 10.2. The molecule has 0 saturated heterocycles. The zero-order valence-corrected chi connectivity index (χ0v) is 11.8. The Morgan fingerprint density at radius 2 is 2.24 bits per heavy atom. The molecule has 1 unspecified atom stereocenters. The lowest BCUT2D eigenvalue weighted by molar-refractivity contribution is 0.0785. The lowest BCUT2D eigenvalue weighted by Gasteiger charge is -2.18. The predicted molar refractivity (Wildman–Crippen MR) is 70.6 cm³/mol. The van der Waals surface area contributed by atoms with Crippen LogP contribution in [0.2, 0.25) is 0 Å². The highest BCUT2D eigenvalue weighted by atomic mass is 79.9. The van der Waals surface area contributed by atoms with Crippen molar-refractivity contribution >= 4 is 21.8 Å². The number of halogens is 1. The third-order valence-corrected chi connectivity index (χ3v) is 3.41. The molecule has 0 N–H and O–H groups in total. The highest BCUT2D eigenvalue weighted by Gasteiger charge is 2.14. The van der Waals surface area contributed by atoms with E-state index in [1.54, 1.807) is 24.9 Å². The lowest BCUT2D eigenvalue weighted by atomic mass is 10.1. The van der Waals surface area contributed by atoms with Crippen LogP contribution in [0, 0.1) is 24.2 Å². The monoisotopic (exact) mass is 294 g/mol. The van der Waals surface area contributed by atoms with Crippen LogP contribution in [0.25, 0.3) is 0 Å². The number of hydrogen-bond acceptors (Lipinski definition) is 2. The highest BCUT2D eigenvalue weighted by molar-refractivity contribution is 9.10. The summed E-state index contributed by atoms with van der Waals surface area (Å²) in [5.41, 5.74) is 1.68. The Kier molecular flexibility index (Phi) is 4.71. The number of amides is 1. The largest absolute Gasteiger partial charge is 0.340 e. The maximum Gasteiger partial charge on any atom is 0.253 e. The Balaban J connectivity index is 2.82. The standard InChI is InChI=1S/C13H15BrN2O/c1-9(7-15)8-16(3)13(17)11-4-5-12(14)10(2)6-11/h4-6,9H,8H2,1-3H3. The number of aryl methyl sites for hydroxylation is 1. The molecule has 0 aliphatic heterocycles. The summed E-state index contributed by atoms with van der Waals surface area (Å²) < 4.78 is 0.988. The molecule has 0 aliphatic carbocycles. The molecule has 0 aliphatic rings. The van der Waals surface area contributed by atoms with Crippen molar-refractivity contribution in [1.82, 2.24) is 4.90 Å². The van der Waals surface area contributed by atoms with Gasteiger partial charge in [0, 0.05) is 23.6 Å². The van der Waals surface area contributed by atoms with Crippen molar-refractivity contribution in [2.45, 2.75) is 13.8 Å². The average molecular weight is 295 g/mol. The third-order valence-electron chi connectivity index (χ3n) is 2.52. The van der Waals surface area contributed by atoms with Gasteiger partial charge in [-0.15, -0.1) is 0 Å². The summed E-state index contributed by atoms with van der Waals surface area (Å²) >= 11 is 3.40. The van der Waals surface area contributed by atoms with Crippen LogP contribution in [0.1, 0.15) is 22.8 Å². The fraction of sp³-hybridized carbons (Fsp3) is 0.385. The van der Waals surface area contributed by atoms with Crippen LogP contribution in [-0.2, 0) is 0 Å². The van der Waals surface area contributed by atoms with Gasteiger partial charge in [-0.1, -0.05) is 15.9 Å². The molecule has 17 heavy (non-hydrogen) atoms. The molecule has 1 amide bonds. The maximum absolute atomic E-state index is 12.1. The molecular weight excluding hydrogens is 280 g/mol. The molecule has 0 spiro atoms. The van der Waals surface area contributed by atoms with Crippen LogP contribution in [0.4, 0.5) is 0 Å². The van der Waals surface area contributed by atoms with Gasteiger partial charge in [-0.25, -0.2) is 0 Å². The Hall–Kier alpha value is -1.34. The number of carbonyl (C=O) groups excluding carboxylic acids is 1. The van der Waals surface area contributed by atoms with Gasteiger partial charge in [0.15, 0.2) is 0 Å². The topological polar surface area (TPSA) is 44.1 Å². The number of nitrogens with zero attached hydrogens (tertiary/aromatic N) is 2. The van der Waals surface area contributed by atoms with Crippen LogP contribution in [-0.4, -0.2) is 24.4 Å². The first-order valence-corrected chi connectivity index (χ1v) is 6.16. The number of nitriles is 1. The van der Waals surface area contributed by atoms with E-state index in [2.05, 4.69) is 22.0 Å². The first-order chi connectivity index (χ1) is 7.95. The zero-order chi connectivity index (χ0) is 13.0. The van der Waals surface area contributed by atoms with Crippen molar-refractivity contribution in [2.75, 3.05) is 13.6 Å². The summed E-state index contributed by atoms with van der Waals surface area (Å²) in [6.07, 6.45) is 0. The van der Waals surface area contributed by atoms with Crippen molar-refractivity contribution in [1.29, 1.82) is 5.26 Å². The molecule has 1 aromatic carbocycles. The van der Waals surface area contributed by atoms with Crippen LogP contribution in [0.3, 0.4) is 0 Å². The van der Waals surface area contributed by atoms with Crippen molar-refractivity contribution in [2.24, 2.45) is 5.92 Å². The molecule has 3 nitrogen and oxygen atoms in total. The second kappa shape index (κ2) is 5.83. The van der Waals surface area contributed by atoms with E-state index in [1.165, 1.54) is 0 Å². The Morgan fingerprint density at radius 3 is 2.76 bits per heavy atom. The molecule has 0 saturated carbocycles. The van der Waals surface area contributed by atoms with Gasteiger partial charge in [-0.2, -0.15) is 5.26 Å². The Morgan fingerprint density at radius 1 is 1.59 bits per heavy atom. The SMILES string of the molecule is Cc1cc(C(=O)N(C)CC(C)C#N)ccc1Br. The minimum absolute atomic E-state index is 0.0531. The van der Waals surface area contributed by atoms with Crippen molar-refractivity contribution < 1.29 is 4.79 Å². The van der Waals surface area contributed by atoms with Gasteiger partial charge in [0.2, 0.25) is 0 Å². The molecule has 1 rings (SSSR count). The second-order valence-electron chi connectivity index (χ2n) is 4.18. The van der Waals surface area contributed by atoms with Crippen LogP contribution in [0.5, 0.6) is 0 Å². The molecule has 0 bridgehead atoms. The fourth-order valence-corrected chi connectivity index (χ4v) is 1.78. The van der Waals surface area contributed by atoms with Gasteiger partial charge >= 0.3 is 0 Å². The summed E-state index contributed by atoms with van der Waals surface area (Å²) in [5.74, 6) is -0.205. The van der Waals surface area contributed by atoms with E-state index in [0.717, 1.165) is 10.0 Å². The van der Waals surface area contributed by atoms with Crippen LogP contribution < -0.4 is 0 Å². The number of hydrogen-bond donors (Lipinski definition) is 0. The second-order valence-corrected chi connectivity index (χ2v) is 5.03. The van der Waals surface area contributed by atoms with E-state index < -0.39 is 0 Å². The highest BCUT2D eigenvalue weighted by Crippen LogP contribution is 2.18. The fourth-order valence-electron chi connectivity index (χ4n) is 1.53. The van der Waals surface area contributed by atoms with Gasteiger partial charge in [0.1, 0.15) is 0 Å². The summed E-state index contributed by atoms with van der Waals surface area (Å²) in [5, 5.41) is 8.72. The summed E-state index contributed by atoms with van der Waals surface area (Å²) in [4.78, 5) is 13.6. The van der Waals surface area contributed by atoms with Gasteiger partial charge in [0.25, 0.3) is 5.91 Å². The summed E-state index contributed by atoms with van der Waals surface area (Å²) in [6.45, 7) is 4.19. The van der Waals surface area contributed by atoms with Gasteiger partial charge < -0.3 is 4.90 Å². The van der Waals surface area contributed by atoms with E-state index in [1.807, 2.05) is 19.1 Å². The molecule has 4 heteroatoms. The molecular formula is C13H15BrN2O. The van der Waals surface area contributed by atoms with Crippen molar-refractivity contribution in [3.8, 4) is 6.07 Å². The van der Waals surface area contributed by atoms with Gasteiger partial charge in [-0.3, -0.25) is 4.79 Å². The van der Waals surface area contributed by atoms with E-state index in [-0.39, 0.29) is 11.8 Å². The van der Waals surface area contributed by atoms with E-state index in [9.17, 15) is 4.79 Å². The lowest BCUT2D eigenvalue weighted by Crippen LogP contribution is -2.30. The summed E-state index contributed by atoms with van der Waals surface area (Å²) in [6, 6.07) is 7.62. The average Bonchev–Trinajstić information content (AvgIpc) is 2.31. The maximum atomic E-state index is 12.1. The molecule has 0 heterocycles. The predicted octanol–water partition coefficient (Wildman–Crippen LogP) is 2.99. The van der Waals surface area contributed by atoms with Crippen LogP contribution in [0.15, 0.2) is 22.7 Å². The Labute approximate surface area is 110 Å². The Bertz CT molecular complexity index is 465. The minimum Gasteiger partial charge on any atom is -0.340 e. The first kappa shape index (κ1) is 13.7. The molecule has 0 fully saturated rings. The molecule has 90 valence electrons.